The number of methoxy groups -OCH3 is 1. The largest absolute Gasteiger partial charge is 0.497 e. The molecule has 1 saturated carbocycles. The summed E-state index contributed by atoms with van der Waals surface area (Å²) in [4.78, 5) is 27.0. The van der Waals surface area contributed by atoms with Crippen molar-refractivity contribution in [2.75, 3.05) is 20.7 Å². The van der Waals surface area contributed by atoms with Crippen molar-refractivity contribution in [2.24, 2.45) is 0 Å². The van der Waals surface area contributed by atoms with Crippen LogP contribution >= 0.6 is 0 Å². The van der Waals surface area contributed by atoms with Crippen LogP contribution in [0, 0.1) is 0 Å². The second-order valence-electron chi connectivity index (χ2n) is 6.02. The predicted molar refractivity (Wildman–Crippen MR) is 86.3 cm³/mol. The molecule has 0 spiro atoms. The van der Waals surface area contributed by atoms with Crippen LogP contribution in [0.3, 0.4) is 0 Å². The zero-order valence-corrected chi connectivity index (χ0v) is 13.9. The molecule has 1 unspecified atom stereocenters. The topological polar surface area (TPSA) is 70.1 Å². The van der Waals surface area contributed by atoms with E-state index in [2.05, 4.69) is 0 Å². The predicted octanol–water partition coefficient (Wildman–Crippen LogP) is 1.59. The van der Waals surface area contributed by atoms with Crippen LogP contribution in [0.4, 0.5) is 0 Å². The van der Waals surface area contributed by atoms with Gasteiger partial charge in [-0.25, -0.2) is 0 Å². The molecule has 0 bridgehead atoms. The van der Waals surface area contributed by atoms with Gasteiger partial charge in [-0.15, -0.1) is 0 Å². The summed E-state index contributed by atoms with van der Waals surface area (Å²) >= 11 is 0. The fourth-order valence-corrected chi connectivity index (χ4v) is 2.54. The molecule has 1 aromatic carbocycles. The molecule has 1 aliphatic carbocycles. The molecule has 23 heavy (non-hydrogen) atoms. The minimum Gasteiger partial charge on any atom is -0.497 e. The summed E-state index contributed by atoms with van der Waals surface area (Å²) < 4.78 is 5.18. The molecule has 0 radical (unpaired) electrons. The van der Waals surface area contributed by atoms with Gasteiger partial charge in [0.15, 0.2) is 0 Å². The van der Waals surface area contributed by atoms with Crippen molar-refractivity contribution in [1.29, 1.82) is 0 Å². The molecule has 1 fully saturated rings. The normalized spacial score (nSPS) is 15.3. The van der Waals surface area contributed by atoms with Crippen LogP contribution in [0.2, 0.25) is 0 Å². The number of benzene rings is 1. The number of nitrogens with zero attached hydrogens (tertiary/aromatic N) is 2. The van der Waals surface area contributed by atoms with Crippen molar-refractivity contribution in [3.8, 4) is 5.75 Å². The molecular formula is C17H24N2O4. The number of likely N-dealkylation sites (N-methyl/N-ethyl adjacent to an activating group) is 1. The first-order chi connectivity index (χ1) is 10.9. The summed E-state index contributed by atoms with van der Waals surface area (Å²) in [6.07, 6.45) is 1.93. The third-order valence-corrected chi connectivity index (χ3v) is 4.17. The Kier molecular flexibility index (Phi) is 5.60. The van der Waals surface area contributed by atoms with Crippen LogP contribution in [0.25, 0.3) is 0 Å². The third kappa shape index (κ3) is 4.69. The Hall–Kier alpha value is -2.08. The Balaban J connectivity index is 1.96. The van der Waals surface area contributed by atoms with E-state index >= 15 is 0 Å². The van der Waals surface area contributed by atoms with Gasteiger partial charge in [-0.3, -0.25) is 14.5 Å². The highest BCUT2D eigenvalue weighted by atomic mass is 16.5. The molecule has 6 heteroatoms. The lowest BCUT2D eigenvalue weighted by atomic mass is 10.2. The summed E-state index contributed by atoms with van der Waals surface area (Å²) in [5.41, 5.74) is 0.976. The van der Waals surface area contributed by atoms with Crippen molar-refractivity contribution < 1.29 is 19.4 Å². The van der Waals surface area contributed by atoms with E-state index in [9.17, 15) is 14.7 Å². The summed E-state index contributed by atoms with van der Waals surface area (Å²) in [7, 11) is 3.34. The van der Waals surface area contributed by atoms with Crippen molar-refractivity contribution in [3.63, 3.8) is 0 Å². The second kappa shape index (κ2) is 7.46. The standard InChI is InChI=1S/C17H24N2O4/c1-12(17(21)22)19(14-7-8-14)11-16(20)18(2)10-13-5-4-6-15(9-13)23-3/h4-6,9,12,14H,7-8,10-11H2,1-3H3,(H,21,22). The van der Waals surface area contributed by atoms with Crippen LogP contribution in [0.1, 0.15) is 25.3 Å². The summed E-state index contributed by atoms with van der Waals surface area (Å²) in [5, 5.41) is 9.19. The van der Waals surface area contributed by atoms with Crippen molar-refractivity contribution in [3.05, 3.63) is 29.8 Å². The first-order valence-electron chi connectivity index (χ1n) is 7.77. The highest BCUT2D eigenvalue weighted by Crippen LogP contribution is 2.28. The van der Waals surface area contributed by atoms with Gasteiger partial charge in [0.25, 0.3) is 0 Å². The number of carbonyl (C=O) groups excluding carboxylic acids is 1. The molecule has 0 heterocycles. The van der Waals surface area contributed by atoms with Crippen molar-refractivity contribution in [2.45, 2.75) is 38.4 Å². The Morgan fingerprint density at radius 2 is 2.09 bits per heavy atom. The van der Waals surface area contributed by atoms with E-state index in [4.69, 9.17) is 4.74 Å². The summed E-state index contributed by atoms with van der Waals surface area (Å²) in [6.45, 7) is 2.24. The van der Waals surface area contributed by atoms with Gasteiger partial charge in [0.1, 0.15) is 11.8 Å². The quantitative estimate of drug-likeness (QED) is 0.788. The average molecular weight is 320 g/mol. The number of amides is 1. The van der Waals surface area contributed by atoms with Crippen LogP contribution in [0.5, 0.6) is 5.75 Å². The molecular weight excluding hydrogens is 296 g/mol. The van der Waals surface area contributed by atoms with Gasteiger partial charge in [0.05, 0.1) is 13.7 Å². The van der Waals surface area contributed by atoms with Gasteiger partial charge in [0.2, 0.25) is 5.91 Å². The minimum absolute atomic E-state index is 0.0761. The number of carboxylic acids is 1. The van der Waals surface area contributed by atoms with Crippen LogP contribution in [0.15, 0.2) is 24.3 Å². The number of rotatable bonds is 8. The number of carbonyl (C=O) groups is 2. The second-order valence-corrected chi connectivity index (χ2v) is 6.02. The van der Waals surface area contributed by atoms with Gasteiger partial charge in [-0.2, -0.15) is 0 Å². The molecule has 126 valence electrons. The fourth-order valence-electron chi connectivity index (χ4n) is 2.54. The van der Waals surface area contributed by atoms with Gasteiger partial charge in [-0.05, 0) is 37.5 Å². The number of aliphatic carboxylic acids is 1. The van der Waals surface area contributed by atoms with E-state index in [1.54, 1.807) is 30.9 Å². The number of ether oxygens (including phenoxy) is 1. The van der Waals surface area contributed by atoms with E-state index in [1.807, 2.05) is 24.3 Å². The first kappa shape index (κ1) is 17.3. The number of hydrogen-bond acceptors (Lipinski definition) is 4. The van der Waals surface area contributed by atoms with E-state index in [-0.39, 0.29) is 18.5 Å². The van der Waals surface area contributed by atoms with Gasteiger partial charge < -0.3 is 14.7 Å². The Morgan fingerprint density at radius 1 is 1.39 bits per heavy atom. The molecule has 2 rings (SSSR count). The monoisotopic (exact) mass is 320 g/mol. The minimum atomic E-state index is -0.889. The highest BCUT2D eigenvalue weighted by Gasteiger charge is 2.36. The molecule has 0 aliphatic heterocycles. The maximum atomic E-state index is 12.4. The number of carboxylic acid groups (broad SMARTS) is 1. The molecule has 1 atom stereocenters. The van der Waals surface area contributed by atoms with Crippen molar-refractivity contribution >= 4 is 11.9 Å². The van der Waals surface area contributed by atoms with Crippen LogP contribution in [-0.2, 0) is 16.1 Å². The summed E-state index contributed by atoms with van der Waals surface area (Å²) in [5.74, 6) is -0.213. The Morgan fingerprint density at radius 3 is 2.65 bits per heavy atom. The summed E-state index contributed by atoms with van der Waals surface area (Å²) in [6, 6.07) is 7.14. The lowest BCUT2D eigenvalue weighted by Gasteiger charge is -2.28. The Bertz CT molecular complexity index is 571. The average Bonchev–Trinajstić information content (AvgIpc) is 3.36. The fraction of sp³-hybridized carbons (Fsp3) is 0.529. The highest BCUT2D eigenvalue weighted by molar-refractivity contribution is 5.80. The maximum Gasteiger partial charge on any atom is 0.320 e. The lowest BCUT2D eigenvalue weighted by molar-refractivity contribution is -0.144. The van der Waals surface area contributed by atoms with Crippen LogP contribution in [-0.4, -0.2) is 59.6 Å². The molecule has 1 aromatic rings. The molecule has 1 amide bonds. The zero-order valence-electron chi connectivity index (χ0n) is 13.9. The number of hydrogen-bond donors (Lipinski definition) is 1. The SMILES string of the molecule is COc1cccc(CN(C)C(=O)CN(C2CC2)C(C)C(=O)O)c1. The van der Waals surface area contributed by atoms with Crippen molar-refractivity contribution in [1.82, 2.24) is 9.80 Å². The van der Waals surface area contributed by atoms with E-state index in [1.165, 1.54) is 0 Å². The van der Waals surface area contributed by atoms with Gasteiger partial charge >= 0.3 is 5.97 Å². The smallest absolute Gasteiger partial charge is 0.320 e. The van der Waals surface area contributed by atoms with Crippen LogP contribution < -0.4 is 4.74 Å². The van der Waals surface area contributed by atoms with E-state index < -0.39 is 12.0 Å². The molecule has 1 aliphatic rings. The molecule has 6 nitrogen and oxygen atoms in total. The van der Waals surface area contributed by atoms with E-state index in [0.29, 0.717) is 6.54 Å². The maximum absolute atomic E-state index is 12.4. The molecule has 0 saturated heterocycles. The zero-order chi connectivity index (χ0) is 17.0. The van der Waals surface area contributed by atoms with Gasteiger partial charge in [-0.1, -0.05) is 12.1 Å². The lowest BCUT2D eigenvalue weighted by Crippen LogP contribution is -2.46. The molecule has 0 aromatic heterocycles. The first-order valence-corrected chi connectivity index (χ1v) is 7.77. The van der Waals surface area contributed by atoms with Gasteiger partial charge in [0, 0.05) is 19.6 Å². The third-order valence-electron chi connectivity index (χ3n) is 4.17. The Labute approximate surface area is 136 Å². The van der Waals surface area contributed by atoms with E-state index in [0.717, 1.165) is 24.2 Å². The molecule has 1 N–H and O–H groups in total.